The monoisotopic (exact) mass is 418 g/mol. The molecule has 0 bridgehead atoms. The molecule has 3 heterocycles. The number of nitriles is 1. The zero-order valence-corrected chi connectivity index (χ0v) is 16.2. The summed E-state index contributed by atoms with van der Waals surface area (Å²) in [5.74, 6) is 0.0179. The Kier molecular flexibility index (Phi) is 5.52. The van der Waals surface area contributed by atoms with Gasteiger partial charge in [-0.25, -0.2) is 4.98 Å². The van der Waals surface area contributed by atoms with Gasteiger partial charge in [0.15, 0.2) is 11.5 Å². The van der Waals surface area contributed by atoms with Gasteiger partial charge in [-0.05, 0) is 37.7 Å². The van der Waals surface area contributed by atoms with E-state index in [-0.39, 0.29) is 24.0 Å². The number of fused-ring (bicyclic) bond motifs is 3. The lowest BCUT2D eigenvalue weighted by Gasteiger charge is -2.32. The van der Waals surface area contributed by atoms with Crippen LogP contribution >= 0.6 is 0 Å². The highest BCUT2D eigenvalue weighted by atomic mass is 19.4. The summed E-state index contributed by atoms with van der Waals surface area (Å²) in [6.45, 7) is -0.00450. The fourth-order valence-corrected chi connectivity index (χ4v) is 4.26. The molecule has 0 aliphatic heterocycles. The maximum Gasteiger partial charge on any atom is 0.415 e. The molecule has 158 valence electrons. The maximum absolute atomic E-state index is 12.9. The predicted octanol–water partition coefficient (Wildman–Crippen LogP) is 4.47. The van der Waals surface area contributed by atoms with Crippen LogP contribution in [-0.2, 0) is 4.74 Å². The lowest BCUT2D eigenvalue weighted by molar-refractivity contribution is -0.222. The van der Waals surface area contributed by atoms with Crippen molar-refractivity contribution in [3.63, 3.8) is 0 Å². The molecule has 1 fully saturated rings. The van der Waals surface area contributed by atoms with Crippen LogP contribution in [0.4, 0.5) is 13.2 Å². The second-order valence-corrected chi connectivity index (χ2v) is 7.75. The molecule has 1 atom stereocenters. The summed E-state index contributed by atoms with van der Waals surface area (Å²) in [6.07, 6.45) is 0.895. The van der Waals surface area contributed by atoms with Crippen LogP contribution in [0.15, 0.2) is 35.5 Å². The Hall–Kier alpha value is -2.86. The fourth-order valence-electron chi connectivity index (χ4n) is 4.26. The SMILES string of the molecule is N#CC[C@@H](OC[C@H]1CC[C@H](n2ccc(=O)c3cnc4[nH]ccc4c32)CC1)C(F)(F)F. The van der Waals surface area contributed by atoms with Gasteiger partial charge in [0.1, 0.15) is 5.65 Å². The van der Waals surface area contributed by atoms with E-state index in [1.807, 2.05) is 6.07 Å². The van der Waals surface area contributed by atoms with Gasteiger partial charge in [-0.3, -0.25) is 4.79 Å². The number of nitrogens with zero attached hydrogens (tertiary/aromatic N) is 3. The Morgan fingerprint density at radius 3 is 2.73 bits per heavy atom. The summed E-state index contributed by atoms with van der Waals surface area (Å²) < 4.78 is 45.9. The average molecular weight is 418 g/mol. The molecule has 1 saturated carbocycles. The van der Waals surface area contributed by atoms with Gasteiger partial charge in [0, 0.05) is 36.1 Å². The summed E-state index contributed by atoms with van der Waals surface area (Å²) >= 11 is 0. The third kappa shape index (κ3) is 3.92. The van der Waals surface area contributed by atoms with E-state index in [9.17, 15) is 18.0 Å². The number of hydrogen-bond donors (Lipinski definition) is 1. The van der Waals surface area contributed by atoms with Gasteiger partial charge in [0.25, 0.3) is 0 Å². The van der Waals surface area contributed by atoms with E-state index in [0.717, 1.165) is 36.6 Å². The van der Waals surface area contributed by atoms with Crippen molar-refractivity contribution < 1.29 is 17.9 Å². The van der Waals surface area contributed by atoms with Crippen LogP contribution in [0.2, 0.25) is 0 Å². The summed E-state index contributed by atoms with van der Waals surface area (Å²) in [7, 11) is 0. The quantitative estimate of drug-likeness (QED) is 0.663. The first-order valence-electron chi connectivity index (χ1n) is 9.90. The van der Waals surface area contributed by atoms with Gasteiger partial charge < -0.3 is 14.3 Å². The smallest absolute Gasteiger partial charge is 0.367 e. The molecule has 1 aliphatic carbocycles. The van der Waals surface area contributed by atoms with E-state index >= 15 is 0 Å². The van der Waals surface area contributed by atoms with Crippen molar-refractivity contribution in [2.45, 2.75) is 50.4 Å². The van der Waals surface area contributed by atoms with Crippen molar-refractivity contribution in [1.82, 2.24) is 14.5 Å². The first kappa shape index (κ1) is 20.4. The van der Waals surface area contributed by atoms with E-state index in [1.54, 1.807) is 24.7 Å². The van der Waals surface area contributed by atoms with Crippen LogP contribution in [-0.4, -0.2) is 33.4 Å². The summed E-state index contributed by atoms with van der Waals surface area (Å²) in [4.78, 5) is 19.7. The zero-order chi connectivity index (χ0) is 21.3. The number of aromatic nitrogens is 3. The van der Waals surface area contributed by atoms with Crippen LogP contribution in [0, 0.1) is 17.2 Å². The molecule has 1 aliphatic rings. The number of aromatic amines is 1. The first-order valence-corrected chi connectivity index (χ1v) is 9.90. The minimum Gasteiger partial charge on any atom is -0.367 e. The molecule has 9 heteroatoms. The molecule has 4 rings (SSSR count). The second kappa shape index (κ2) is 8.11. The molecule has 0 saturated heterocycles. The maximum atomic E-state index is 12.9. The van der Waals surface area contributed by atoms with E-state index in [1.165, 1.54) is 6.07 Å². The molecule has 0 radical (unpaired) electrons. The van der Waals surface area contributed by atoms with Gasteiger partial charge in [0.05, 0.1) is 30.0 Å². The number of nitrogens with one attached hydrogen (secondary N) is 1. The predicted molar refractivity (Wildman–Crippen MR) is 105 cm³/mol. The Bertz CT molecular complexity index is 1140. The van der Waals surface area contributed by atoms with E-state index in [0.29, 0.717) is 11.0 Å². The third-order valence-corrected chi connectivity index (χ3v) is 5.85. The molecule has 0 amide bonds. The molecule has 30 heavy (non-hydrogen) atoms. The summed E-state index contributed by atoms with van der Waals surface area (Å²) in [5.41, 5.74) is 1.45. The number of hydrogen-bond acceptors (Lipinski definition) is 4. The molecule has 1 N–H and O–H groups in total. The van der Waals surface area contributed by atoms with Crippen molar-refractivity contribution >= 4 is 21.9 Å². The Labute approximate surface area is 170 Å². The number of H-pyrrole nitrogens is 1. The number of alkyl halides is 3. The number of ether oxygens (including phenoxy) is 1. The highest BCUT2D eigenvalue weighted by Crippen LogP contribution is 2.36. The van der Waals surface area contributed by atoms with Crippen molar-refractivity contribution in [1.29, 1.82) is 5.26 Å². The third-order valence-electron chi connectivity index (χ3n) is 5.85. The number of halogens is 3. The fraction of sp³-hybridized carbons (Fsp3) is 0.476. The van der Waals surface area contributed by atoms with Gasteiger partial charge in [0.2, 0.25) is 0 Å². The topological polar surface area (TPSA) is 83.7 Å². The first-order chi connectivity index (χ1) is 14.4. The van der Waals surface area contributed by atoms with Gasteiger partial charge in [-0.1, -0.05) is 0 Å². The largest absolute Gasteiger partial charge is 0.415 e. The van der Waals surface area contributed by atoms with Gasteiger partial charge >= 0.3 is 6.18 Å². The van der Waals surface area contributed by atoms with Crippen LogP contribution in [0.1, 0.15) is 38.1 Å². The van der Waals surface area contributed by atoms with Crippen molar-refractivity contribution in [3.05, 3.63) is 40.9 Å². The van der Waals surface area contributed by atoms with Crippen LogP contribution in [0.3, 0.4) is 0 Å². The van der Waals surface area contributed by atoms with Crippen molar-refractivity contribution in [2.75, 3.05) is 6.61 Å². The lowest BCUT2D eigenvalue weighted by Crippen LogP contribution is -2.33. The molecule has 0 aromatic carbocycles. The standard InChI is InChI=1S/C21H21F3N4O2/c22-21(23,24)18(5-8-25)30-12-13-1-3-14(4-2-13)28-10-7-17(29)16-11-27-20-15(19(16)28)6-9-26-20/h6-7,9-11,13-14,18H,1-5,12H2,(H,26,27)/t13-,14-,18-/m1/s1. The molecular weight excluding hydrogens is 397 g/mol. The molecule has 6 nitrogen and oxygen atoms in total. The van der Waals surface area contributed by atoms with Crippen molar-refractivity contribution in [3.8, 4) is 6.07 Å². The minimum absolute atomic E-state index is 0.00450. The van der Waals surface area contributed by atoms with Crippen LogP contribution < -0.4 is 5.43 Å². The van der Waals surface area contributed by atoms with E-state index < -0.39 is 18.7 Å². The molecule has 3 aromatic heterocycles. The second-order valence-electron chi connectivity index (χ2n) is 7.75. The van der Waals surface area contributed by atoms with Gasteiger partial charge in [-0.15, -0.1) is 0 Å². The Morgan fingerprint density at radius 1 is 1.27 bits per heavy atom. The highest BCUT2D eigenvalue weighted by Gasteiger charge is 2.41. The Morgan fingerprint density at radius 2 is 2.03 bits per heavy atom. The van der Waals surface area contributed by atoms with Crippen LogP contribution in [0.5, 0.6) is 0 Å². The van der Waals surface area contributed by atoms with E-state index in [4.69, 9.17) is 10.00 Å². The average Bonchev–Trinajstić information content (AvgIpc) is 3.20. The minimum atomic E-state index is -4.53. The van der Waals surface area contributed by atoms with Gasteiger partial charge in [-0.2, -0.15) is 18.4 Å². The van der Waals surface area contributed by atoms with Crippen molar-refractivity contribution in [2.24, 2.45) is 5.92 Å². The molecule has 0 unspecified atom stereocenters. The van der Waals surface area contributed by atoms with E-state index in [2.05, 4.69) is 14.5 Å². The number of pyridine rings is 2. The lowest BCUT2D eigenvalue weighted by atomic mass is 9.86. The highest BCUT2D eigenvalue weighted by molar-refractivity contribution is 6.02. The Balaban J connectivity index is 1.49. The number of rotatable bonds is 5. The zero-order valence-electron chi connectivity index (χ0n) is 16.2. The normalized spacial score (nSPS) is 21.0. The summed E-state index contributed by atoms with van der Waals surface area (Å²) in [6, 6.07) is 5.11. The summed E-state index contributed by atoms with van der Waals surface area (Å²) in [5, 5.41) is 10.0. The van der Waals surface area contributed by atoms with Crippen LogP contribution in [0.25, 0.3) is 21.9 Å². The molecular formula is C21H21F3N4O2. The molecule has 0 spiro atoms. The molecule has 3 aromatic rings.